The Morgan fingerprint density at radius 1 is 0.400 bits per heavy atom. The van der Waals surface area contributed by atoms with E-state index in [9.17, 15) is 0 Å². The van der Waals surface area contributed by atoms with E-state index in [1.165, 1.54) is 89.9 Å². The Kier molecular flexibility index (Phi) is 15.9. The lowest BCUT2D eigenvalue weighted by Gasteiger charge is -2.08. The maximum Gasteiger partial charge on any atom is 0.119 e. The Morgan fingerprint density at radius 2 is 0.725 bits per heavy atom. The molecule has 0 saturated carbocycles. The van der Waals surface area contributed by atoms with Crippen molar-refractivity contribution >= 4 is 0 Å². The number of rotatable bonds is 22. The van der Waals surface area contributed by atoms with Crippen molar-refractivity contribution in [1.29, 1.82) is 0 Å². The summed E-state index contributed by atoms with van der Waals surface area (Å²) in [7, 11) is 0. The molecule has 0 fully saturated rings. The quantitative estimate of drug-likeness (QED) is 0.118. The van der Waals surface area contributed by atoms with Gasteiger partial charge in [0, 0.05) is 11.1 Å². The fraction of sp³-hybridized carbons (Fsp3) is 0.556. The summed E-state index contributed by atoms with van der Waals surface area (Å²) in [5.74, 6) is 1.84. The molecule has 2 aromatic carbocycles. The van der Waals surface area contributed by atoms with Gasteiger partial charge in [-0.2, -0.15) is 0 Å². The minimum Gasteiger partial charge on any atom is -0.494 e. The number of benzene rings is 2. The van der Waals surface area contributed by atoms with Gasteiger partial charge in [-0.1, -0.05) is 104 Å². The molecule has 4 heteroatoms. The van der Waals surface area contributed by atoms with E-state index in [0.717, 1.165) is 60.1 Å². The summed E-state index contributed by atoms with van der Waals surface area (Å²) in [4.78, 5) is 0. The molecule has 0 spiro atoms. The van der Waals surface area contributed by atoms with Crippen LogP contribution in [-0.2, 0) is 0 Å². The van der Waals surface area contributed by atoms with Crippen LogP contribution in [0.25, 0.3) is 22.5 Å². The third kappa shape index (κ3) is 12.5. The van der Waals surface area contributed by atoms with E-state index in [0.29, 0.717) is 0 Å². The number of ether oxygens (including phenoxy) is 2. The van der Waals surface area contributed by atoms with E-state index in [1.54, 1.807) is 0 Å². The van der Waals surface area contributed by atoms with Gasteiger partial charge < -0.3 is 9.47 Å². The first-order chi connectivity index (χ1) is 19.8. The van der Waals surface area contributed by atoms with Crippen molar-refractivity contribution in [3.05, 3.63) is 60.7 Å². The third-order valence-corrected chi connectivity index (χ3v) is 7.50. The molecule has 0 aliphatic rings. The zero-order valence-corrected chi connectivity index (χ0v) is 25.2. The monoisotopic (exact) mass is 544 g/mol. The van der Waals surface area contributed by atoms with E-state index in [1.807, 2.05) is 36.4 Å². The molecule has 0 unspecified atom stereocenters. The van der Waals surface area contributed by atoms with Gasteiger partial charge >= 0.3 is 0 Å². The lowest BCUT2D eigenvalue weighted by molar-refractivity contribution is 0.304. The van der Waals surface area contributed by atoms with Crippen LogP contribution in [0.2, 0.25) is 0 Å². The molecule has 1 heterocycles. The van der Waals surface area contributed by atoms with Crippen molar-refractivity contribution in [3.8, 4) is 34.0 Å². The average molecular weight is 545 g/mol. The van der Waals surface area contributed by atoms with Crippen LogP contribution in [0.5, 0.6) is 11.5 Å². The Morgan fingerprint density at radius 3 is 1.05 bits per heavy atom. The van der Waals surface area contributed by atoms with Crippen LogP contribution in [0.1, 0.15) is 117 Å². The largest absolute Gasteiger partial charge is 0.494 e. The van der Waals surface area contributed by atoms with Crippen molar-refractivity contribution in [3.63, 3.8) is 0 Å². The molecule has 0 saturated heterocycles. The van der Waals surface area contributed by atoms with Crippen LogP contribution < -0.4 is 9.47 Å². The Bertz CT molecular complexity index is 932. The van der Waals surface area contributed by atoms with Gasteiger partial charge in [-0.05, 0) is 73.5 Å². The summed E-state index contributed by atoms with van der Waals surface area (Å²) in [6.45, 7) is 6.10. The molecule has 0 amide bonds. The Hall–Kier alpha value is -2.88. The Labute approximate surface area is 243 Å². The van der Waals surface area contributed by atoms with E-state index >= 15 is 0 Å². The smallest absolute Gasteiger partial charge is 0.119 e. The minimum absolute atomic E-state index is 0.784. The molecule has 0 aliphatic carbocycles. The van der Waals surface area contributed by atoms with E-state index < -0.39 is 0 Å². The number of aromatic nitrogens is 2. The number of unbranched alkanes of at least 4 members (excludes halogenated alkanes) is 14. The highest BCUT2D eigenvalue weighted by atomic mass is 16.5. The molecule has 0 atom stereocenters. The first-order valence-electron chi connectivity index (χ1n) is 16.1. The zero-order valence-electron chi connectivity index (χ0n) is 25.2. The topological polar surface area (TPSA) is 44.2 Å². The summed E-state index contributed by atoms with van der Waals surface area (Å²) >= 11 is 0. The molecule has 0 radical (unpaired) electrons. The molecule has 218 valence electrons. The minimum atomic E-state index is 0.784. The first kappa shape index (κ1) is 31.6. The second kappa shape index (κ2) is 20.1. The van der Waals surface area contributed by atoms with E-state index in [-0.39, 0.29) is 0 Å². The van der Waals surface area contributed by atoms with Crippen molar-refractivity contribution in [1.82, 2.24) is 10.2 Å². The van der Waals surface area contributed by atoms with E-state index in [4.69, 9.17) is 9.47 Å². The maximum absolute atomic E-state index is 5.94. The molecule has 0 aliphatic heterocycles. The SMILES string of the molecule is CCCCCCCCCCOc1ccc(-c2ccc(-c3ccc(OCCCCCCCCCC)cc3)nn2)cc1. The van der Waals surface area contributed by atoms with Gasteiger partial charge in [-0.25, -0.2) is 0 Å². The average Bonchev–Trinajstić information content (AvgIpc) is 3.00. The summed E-state index contributed by atoms with van der Waals surface area (Å²) in [5, 5.41) is 8.96. The van der Waals surface area contributed by atoms with E-state index in [2.05, 4.69) is 48.3 Å². The van der Waals surface area contributed by atoms with Crippen molar-refractivity contribution in [2.45, 2.75) is 117 Å². The van der Waals surface area contributed by atoms with Crippen LogP contribution in [0, 0.1) is 0 Å². The predicted octanol–water partition coefficient (Wildman–Crippen LogP) is 10.8. The van der Waals surface area contributed by atoms with Gasteiger partial charge in [-0.15, -0.1) is 10.2 Å². The highest BCUT2D eigenvalue weighted by Crippen LogP contribution is 2.24. The summed E-state index contributed by atoms with van der Waals surface area (Å²) in [6, 6.07) is 20.4. The lowest BCUT2D eigenvalue weighted by atomic mass is 10.1. The number of nitrogens with zero attached hydrogens (tertiary/aromatic N) is 2. The maximum atomic E-state index is 5.94. The van der Waals surface area contributed by atoms with Crippen LogP contribution in [0.15, 0.2) is 60.7 Å². The van der Waals surface area contributed by atoms with Crippen molar-refractivity contribution in [2.75, 3.05) is 13.2 Å². The van der Waals surface area contributed by atoms with Crippen LogP contribution in [0.3, 0.4) is 0 Å². The molecule has 1 aromatic heterocycles. The molecular weight excluding hydrogens is 492 g/mol. The van der Waals surface area contributed by atoms with Gasteiger partial charge in [0.2, 0.25) is 0 Å². The fourth-order valence-corrected chi connectivity index (χ4v) is 4.94. The van der Waals surface area contributed by atoms with Crippen LogP contribution in [0.4, 0.5) is 0 Å². The first-order valence-corrected chi connectivity index (χ1v) is 16.1. The van der Waals surface area contributed by atoms with Crippen LogP contribution >= 0.6 is 0 Å². The standard InChI is InChI=1S/C36H52N2O2/c1-3-5-7-9-11-13-15-17-29-39-33-23-19-31(20-24-33)35-27-28-36(38-37-35)32-21-25-34(26-22-32)40-30-18-16-14-12-10-8-6-4-2/h19-28H,3-18,29-30H2,1-2H3. The molecule has 0 bridgehead atoms. The highest BCUT2D eigenvalue weighted by Gasteiger charge is 2.05. The second-order valence-corrected chi connectivity index (χ2v) is 11.0. The van der Waals surface area contributed by atoms with Crippen molar-refractivity contribution < 1.29 is 9.47 Å². The molecule has 40 heavy (non-hydrogen) atoms. The molecule has 3 aromatic rings. The molecular formula is C36H52N2O2. The molecule has 3 rings (SSSR count). The zero-order chi connectivity index (χ0) is 28.1. The highest BCUT2D eigenvalue weighted by molar-refractivity contribution is 5.64. The lowest BCUT2D eigenvalue weighted by Crippen LogP contribution is -1.98. The van der Waals surface area contributed by atoms with Gasteiger partial charge in [0.25, 0.3) is 0 Å². The Balaban J connectivity index is 1.34. The summed E-state index contributed by atoms with van der Waals surface area (Å²) < 4.78 is 11.9. The van der Waals surface area contributed by atoms with Gasteiger partial charge in [0.1, 0.15) is 11.5 Å². The summed E-state index contributed by atoms with van der Waals surface area (Å²) in [5.41, 5.74) is 3.82. The van der Waals surface area contributed by atoms with Gasteiger partial charge in [0.05, 0.1) is 24.6 Å². The predicted molar refractivity (Wildman–Crippen MR) is 169 cm³/mol. The molecule has 4 nitrogen and oxygen atoms in total. The third-order valence-electron chi connectivity index (χ3n) is 7.50. The second-order valence-electron chi connectivity index (χ2n) is 11.0. The fourth-order valence-electron chi connectivity index (χ4n) is 4.94. The number of hydrogen-bond donors (Lipinski definition) is 0. The van der Waals surface area contributed by atoms with Crippen LogP contribution in [-0.4, -0.2) is 23.4 Å². The van der Waals surface area contributed by atoms with Crippen molar-refractivity contribution in [2.24, 2.45) is 0 Å². The number of hydrogen-bond acceptors (Lipinski definition) is 4. The molecule has 0 N–H and O–H groups in total. The normalized spacial score (nSPS) is 11.1. The van der Waals surface area contributed by atoms with Gasteiger partial charge in [-0.3, -0.25) is 0 Å². The summed E-state index contributed by atoms with van der Waals surface area (Å²) in [6.07, 6.45) is 21.0. The van der Waals surface area contributed by atoms with Gasteiger partial charge in [0.15, 0.2) is 0 Å².